The van der Waals surface area contributed by atoms with Crippen molar-refractivity contribution in [2.24, 2.45) is 0 Å². The minimum atomic E-state index is -0.495. The third-order valence-electron chi connectivity index (χ3n) is 3.46. The predicted molar refractivity (Wildman–Crippen MR) is 101 cm³/mol. The van der Waals surface area contributed by atoms with E-state index >= 15 is 0 Å². The van der Waals surface area contributed by atoms with Crippen molar-refractivity contribution >= 4 is 29.3 Å². The zero-order valence-corrected chi connectivity index (χ0v) is 16.6. The molecule has 0 radical (unpaired) electrons. The summed E-state index contributed by atoms with van der Waals surface area (Å²) in [6.07, 6.45) is 1.57. The van der Waals surface area contributed by atoms with Gasteiger partial charge in [-0.3, -0.25) is 0 Å². The zero-order chi connectivity index (χ0) is 18.3. The molecule has 2 atom stereocenters. The lowest BCUT2D eigenvalue weighted by Crippen LogP contribution is -2.43. The van der Waals surface area contributed by atoms with Gasteiger partial charge >= 0.3 is 6.09 Å². The predicted octanol–water partition coefficient (Wildman–Crippen LogP) is 5.34. The Labute approximate surface area is 155 Å². The lowest BCUT2D eigenvalue weighted by molar-refractivity contribution is 0.0521. The molecule has 0 fully saturated rings. The van der Waals surface area contributed by atoms with Crippen molar-refractivity contribution in [3.05, 3.63) is 33.8 Å². The van der Waals surface area contributed by atoms with E-state index in [9.17, 15) is 4.79 Å². The fourth-order valence-electron chi connectivity index (χ4n) is 2.34. The highest BCUT2D eigenvalue weighted by molar-refractivity contribution is 6.42. The first-order chi connectivity index (χ1) is 11.1. The lowest BCUT2D eigenvalue weighted by atomic mass is 10.1. The van der Waals surface area contributed by atoms with E-state index in [1.165, 1.54) is 0 Å². The summed E-state index contributed by atoms with van der Waals surface area (Å²) >= 11 is 12.1. The summed E-state index contributed by atoms with van der Waals surface area (Å²) < 4.78 is 5.27. The molecule has 24 heavy (non-hydrogen) atoms. The molecule has 1 aromatic rings. The molecule has 1 amide bonds. The SMILES string of the molecule is CCCC(CNC(=O)OC(C)(C)C)NC(C)c1ccc(Cl)c(Cl)c1. The fourth-order valence-corrected chi connectivity index (χ4v) is 2.65. The molecule has 4 nitrogen and oxygen atoms in total. The Morgan fingerprint density at radius 1 is 1.25 bits per heavy atom. The van der Waals surface area contributed by atoms with Crippen molar-refractivity contribution in [2.45, 2.75) is 65.1 Å². The number of carbonyl (C=O) groups is 1. The van der Waals surface area contributed by atoms with E-state index in [-0.39, 0.29) is 12.1 Å². The molecule has 136 valence electrons. The largest absolute Gasteiger partial charge is 0.444 e. The highest BCUT2D eigenvalue weighted by Crippen LogP contribution is 2.25. The molecule has 0 aliphatic carbocycles. The number of ether oxygens (including phenoxy) is 1. The van der Waals surface area contributed by atoms with Crippen LogP contribution in [0, 0.1) is 0 Å². The van der Waals surface area contributed by atoms with E-state index in [1.54, 1.807) is 6.07 Å². The third-order valence-corrected chi connectivity index (χ3v) is 4.20. The minimum absolute atomic E-state index is 0.0942. The monoisotopic (exact) mass is 374 g/mol. The van der Waals surface area contributed by atoms with Crippen LogP contribution in [-0.2, 0) is 4.74 Å². The van der Waals surface area contributed by atoms with Gasteiger partial charge in [0.2, 0.25) is 0 Å². The van der Waals surface area contributed by atoms with Crippen molar-refractivity contribution < 1.29 is 9.53 Å². The quantitative estimate of drug-likeness (QED) is 0.677. The summed E-state index contributed by atoms with van der Waals surface area (Å²) in [5.74, 6) is 0. The average molecular weight is 375 g/mol. The van der Waals surface area contributed by atoms with Gasteiger partial charge in [0, 0.05) is 18.6 Å². The second-order valence-corrected chi connectivity index (χ2v) is 7.74. The minimum Gasteiger partial charge on any atom is -0.444 e. The van der Waals surface area contributed by atoms with E-state index in [0.29, 0.717) is 16.6 Å². The second-order valence-electron chi connectivity index (χ2n) is 6.93. The summed E-state index contributed by atoms with van der Waals surface area (Å²) in [6, 6.07) is 5.86. The number of benzene rings is 1. The van der Waals surface area contributed by atoms with Crippen LogP contribution in [0.15, 0.2) is 18.2 Å². The second kappa shape index (κ2) is 9.50. The number of amides is 1. The molecule has 0 spiro atoms. The number of carbonyl (C=O) groups excluding carboxylic acids is 1. The summed E-state index contributed by atoms with van der Waals surface area (Å²) in [4.78, 5) is 11.8. The Hall–Kier alpha value is -0.970. The molecule has 2 N–H and O–H groups in total. The van der Waals surface area contributed by atoms with Gasteiger partial charge in [0.25, 0.3) is 0 Å². The number of nitrogens with one attached hydrogen (secondary N) is 2. The van der Waals surface area contributed by atoms with Crippen LogP contribution in [0.3, 0.4) is 0 Å². The summed E-state index contributed by atoms with van der Waals surface area (Å²) in [5, 5.41) is 7.45. The maximum absolute atomic E-state index is 11.8. The number of hydrogen-bond acceptors (Lipinski definition) is 3. The van der Waals surface area contributed by atoms with Gasteiger partial charge in [-0.15, -0.1) is 0 Å². The van der Waals surface area contributed by atoms with Crippen molar-refractivity contribution in [1.29, 1.82) is 0 Å². The van der Waals surface area contributed by atoms with E-state index in [2.05, 4.69) is 24.5 Å². The normalized spacial score (nSPS) is 14.1. The lowest BCUT2D eigenvalue weighted by Gasteiger charge is -2.25. The summed E-state index contributed by atoms with van der Waals surface area (Å²) in [5.41, 5.74) is 0.563. The smallest absolute Gasteiger partial charge is 0.407 e. The van der Waals surface area contributed by atoms with E-state index in [0.717, 1.165) is 18.4 Å². The molecule has 0 bridgehead atoms. The van der Waals surface area contributed by atoms with Gasteiger partial charge in [-0.25, -0.2) is 4.79 Å². The Morgan fingerprint density at radius 3 is 2.46 bits per heavy atom. The van der Waals surface area contributed by atoms with Crippen LogP contribution >= 0.6 is 23.2 Å². The van der Waals surface area contributed by atoms with Gasteiger partial charge in [0.1, 0.15) is 5.60 Å². The Balaban J connectivity index is 2.61. The van der Waals surface area contributed by atoms with E-state index in [4.69, 9.17) is 27.9 Å². The van der Waals surface area contributed by atoms with Crippen molar-refractivity contribution in [1.82, 2.24) is 10.6 Å². The maximum Gasteiger partial charge on any atom is 0.407 e. The molecule has 2 unspecified atom stereocenters. The Morgan fingerprint density at radius 2 is 1.92 bits per heavy atom. The molecular formula is C18H28Cl2N2O2. The highest BCUT2D eigenvalue weighted by Gasteiger charge is 2.18. The first-order valence-corrected chi connectivity index (χ1v) is 9.05. The standard InChI is InChI=1S/C18H28Cl2N2O2/c1-6-7-14(11-21-17(23)24-18(3,4)5)22-12(2)13-8-9-15(19)16(20)10-13/h8-10,12,14,22H,6-7,11H2,1-5H3,(H,21,23). The summed E-state index contributed by atoms with van der Waals surface area (Å²) in [7, 11) is 0. The summed E-state index contributed by atoms with van der Waals surface area (Å²) in [6.45, 7) is 10.2. The van der Waals surface area contributed by atoms with Crippen molar-refractivity contribution in [2.75, 3.05) is 6.54 Å². The molecule has 0 aliphatic heterocycles. The highest BCUT2D eigenvalue weighted by atomic mass is 35.5. The zero-order valence-electron chi connectivity index (χ0n) is 15.1. The van der Waals surface area contributed by atoms with Gasteiger partial charge in [0.15, 0.2) is 0 Å². The molecule has 0 heterocycles. The maximum atomic E-state index is 11.8. The first-order valence-electron chi connectivity index (χ1n) is 8.30. The van der Waals surface area contributed by atoms with E-state index < -0.39 is 11.7 Å². The molecule has 6 heteroatoms. The van der Waals surface area contributed by atoms with Gasteiger partial charge in [-0.1, -0.05) is 42.6 Å². The van der Waals surface area contributed by atoms with Crippen LogP contribution in [0.4, 0.5) is 4.79 Å². The molecule has 0 saturated heterocycles. The Bertz CT molecular complexity index is 544. The number of hydrogen-bond donors (Lipinski definition) is 2. The molecule has 1 rings (SSSR count). The van der Waals surface area contributed by atoms with Gasteiger partial charge < -0.3 is 15.4 Å². The number of rotatable bonds is 7. The molecule has 0 aromatic heterocycles. The molecule has 0 saturated carbocycles. The Kier molecular flexibility index (Phi) is 8.34. The van der Waals surface area contributed by atoms with Crippen LogP contribution in [0.2, 0.25) is 10.0 Å². The third kappa shape index (κ3) is 7.73. The average Bonchev–Trinajstić information content (AvgIpc) is 2.46. The number of halogens is 2. The molecule has 0 aliphatic rings. The molecule has 1 aromatic carbocycles. The van der Waals surface area contributed by atoms with Gasteiger partial charge in [-0.05, 0) is 51.8 Å². The van der Waals surface area contributed by atoms with Crippen LogP contribution in [-0.4, -0.2) is 24.3 Å². The number of alkyl carbamates (subject to hydrolysis) is 1. The first kappa shape index (κ1) is 21.1. The van der Waals surface area contributed by atoms with Crippen molar-refractivity contribution in [3.8, 4) is 0 Å². The topological polar surface area (TPSA) is 50.4 Å². The van der Waals surface area contributed by atoms with Crippen molar-refractivity contribution in [3.63, 3.8) is 0 Å². The van der Waals surface area contributed by atoms with Crippen LogP contribution in [0.25, 0.3) is 0 Å². The van der Waals surface area contributed by atoms with Gasteiger partial charge in [0.05, 0.1) is 10.0 Å². The van der Waals surface area contributed by atoms with E-state index in [1.807, 2.05) is 32.9 Å². The van der Waals surface area contributed by atoms with Gasteiger partial charge in [-0.2, -0.15) is 0 Å². The van der Waals surface area contributed by atoms with Crippen LogP contribution < -0.4 is 10.6 Å². The van der Waals surface area contributed by atoms with Crippen LogP contribution in [0.1, 0.15) is 59.1 Å². The molecular weight excluding hydrogens is 347 g/mol. The van der Waals surface area contributed by atoms with Crippen LogP contribution in [0.5, 0.6) is 0 Å². The fraction of sp³-hybridized carbons (Fsp3) is 0.611.